The molecule has 0 aromatic carbocycles. The van der Waals surface area contributed by atoms with Crippen molar-refractivity contribution in [3.63, 3.8) is 0 Å². The SMILES string of the molecule is CCCCCCCCCCCCCCCCCCC(=O)OC(COC(=O)CCCCCCCCCCCCCC)COP(=O)(O)OC1C(O)C(O)C(O)C(O)C1O. The van der Waals surface area contributed by atoms with Gasteiger partial charge in [-0.1, -0.05) is 181 Å². The zero-order chi connectivity index (χ0) is 42.2. The summed E-state index contributed by atoms with van der Waals surface area (Å²) in [6.07, 6.45) is 20.2. The van der Waals surface area contributed by atoms with E-state index in [0.29, 0.717) is 12.8 Å². The van der Waals surface area contributed by atoms with Gasteiger partial charge < -0.3 is 39.9 Å². The molecule has 0 saturated heterocycles. The number of rotatable bonds is 38. The number of hydrogen-bond donors (Lipinski definition) is 6. The van der Waals surface area contributed by atoms with Crippen molar-refractivity contribution in [3.05, 3.63) is 0 Å². The molecular formula is C43H83O13P. The summed E-state index contributed by atoms with van der Waals surface area (Å²) >= 11 is 0. The Balaban J connectivity index is 2.45. The van der Waals surface area contributed by atoms with Gasteiger partial charge in [-0.2, -0.15) is 0 Å². The quantitative estimate of drug-likeness (QED) is 0.0196. The van der Waals surface area contributed by atoms with E-state index < -0.39 is 75.7 Å². The minimum Gasteiger partial charge on any atom is -0.462 e. The Kier molecular flexibility index (Phi) is 32.7. The molecule has 13 nitrogen and oxygen atoms in total. The van der Waals surface area contributed by atoms with Crippen LogP contribution in [0, 0.1) is 0 Å². The number of aliphatic hydroxyl groups excluding tert-OH is 5. The standard InChI is InChI=1S/C43H83O13P/c1-3-5-7-9-11-13-15-17-18-19-20-22-24-26-28-30-32-37(45)55-35(33-53-36(44)31-29-27-25-23-21-16-14-12-10-8-6-4-2)34-54-57(51,52)56-43-41(49)39(47)38(46)40(48)42(43)50/h35,38-43,46-50H,3-34H2,1-2H3,(H,51,52). The normalized spacial score (nSPS) is 22.6. The zero-order valence-electron chi connectivity index (χ0n) is 35.7. The fraction of sp³-hybridized carbons (Fsp3) is 0.953. The Morgan fingerprint density at radius 3 is 1.16 bits per heavy atom. The lowest BCUT2D eigenvalue weighted by Crippen LogP contribution is -2.64. The van der Waals surface area contributed by atoms with Crippen molar-refractivity contribution in [2.75, 3.05) is 13.2 Å². The van der Waals surface area contributed by atoms with E-state index >= 15 is 0 Å². The highest BCUT2D eigenvalue weighted by atomic mass is 31.2. The summed E-state index contributed by atoms with van der Waals surface area (Å²) in [7, 11) is -5.11. The fourth-order valence-electron chi connectivity index (χ4n) is 7.23. The molecule has 0 radical (unpaired) electrons. The van der Waals surface area contributed by atoms with Crippen LogP contribution in [0.2, 0.25) is 0 Å². The largest absolute Gasteiger partial charge is 0.472 e. The monoisotopic (exact) mass is 839 g/mol. The molecule has 1 aliphatic rings. The second-order valence-electron chi connectivity index (χ2n) is 16.3. The van der Waals surface area contributed by atoms with Crippen LogP contribution in [0.3, 0.4) is 0 Å². The van der Waals surface area contributed by atoms with Crippen molar-refractivity contribution in [2.45, 2.75) is 249 Å². The van der Waals surface area contributed by atoms with Gasteiger partial charge in [0.15, 0.2) is 6.10 Å². The van der Waals surface area contributed by atoms with E-state index in [1.807, 2.05) is 0 Å². The number of ether oxygens (including phenoxy) is 2. The molecule has 1 rings (SSSR count). The molecule has 0 aromatic rings. The van der Waals surface area contributed by atoms with Crippen molar-refractivity contribution in [1.29, 1.82) is 0 Å². The summed E-state index contributed by atoms with van der Waals surface area (Å²) in [5, 5.41) is 50.1. The number of carbonyl (C=O) groups excluding carboxylic acids is 2. The van der Waals surface area contributed by atoms with Crippen LogP contribution in [-0.2, 0) is 32.7 Å². The first-order valence-electron chi connectivity index (χ1n) is 22.8. The van der Waals surface area contributed by atoms with Crippen LogP contribution in [-0.4, -0.2) is 98.3 Å². The summed E-state index contributed by atoms with van der Waals surface area (Å²) in [4.78, 5) is 35.6. The summed E-state index contributed by atoms with van der Waals surface area (Å²) in [5.41, 5.74) is 0. The van der Waals surface area contributed by atoms with Gasteiger partial charge in [0.25, 0.3) is 0 Å². The molecule has 338 valence electrons. The molecule has 57 heavy (non-hydrogen) atoms. The van der Waals surface area contributed by atoms with Crippen molar-refractivity contribution in [2.24, 2.45) is 0 Å². The van der Waals surface area contributed by atoms with Crippen LogP contribution >= 0.6 is 7.82 Å². The molecule has 14 heteroatoms. The second kappa shape index (κ2) is 34.6. The Morgan fingerprint density at radius 1 is 0.474 bits per heavy atom. The minimum absolute atomic E-state index is 0.105. The van der Waals surface area contributed by atoms with Crippen LogP contribution in [0.5, 0.6) is 0 Å². The molecule has 0 bridgehead atoms. The highest BCUT2D eigenvalue weighted by Gasteiger charge is 2.51. The number of aliphatic hydroxyl groups is 5. The maximum absolute atomic E-state index is 12.8. The highest BCUT2D eigenvalue weighted by molar-refractivity contribution is 7.47. The van der Waals surface area contributed by atoms with E-state index in [4.69, 9.17) is 18.5 Å². The van der Waals surface area contributed by atoms with Crippen LogP contribution in [0.1, 0.15) is 206 Å². The Labute approximate surface area is 344 Å². The lowest BCUT2D eigenvalue weighted by Gasteiger charge is -2.41. The van der Waals surface area contributed by atoms with Crippen LogP contribution in [0.4, 0.5) is 0 Å². The van der Waals surface area contributed by atoms with Crippen LogP contribution < -0.4 is 0 Å². The Hall–Kier alpha value is -1.15. The van der Waals surface area contributed by atoms with E-state index in [-0.39, 0.29) is 12.8 Å². The first-order chi connectivity index (χ1) is 27.4. The van der Waals surface area contributed by atoms with Gasteiger partial charge in [-0.05, 0) is 12.8 Å². The third-order valence-corrected chi connectivity index (χ3v) is 11.9. The fourth-order valence-corrected chi connectivity index (χ4v) is 8.20. The van der Waals surface area contributed by atoms with Crippen LogP contribution in [0.25, 0.3) is 0 Å². The van der Waals surface area contributed by atoms with Gasteiger partial charge in [0.2, 0.25) is 0 Å². The molecule has 0 spiro atoms. The highest BCUT2D eigenvalue weighted by Crippen LogP contribution is 2.47. The molecule has 1 aliphatic carbocycles. The molecule has 6 N–H and O–H groups in total. The molecule has 1 saturated carbocycles. The topological polar surface area (TPSA) is 210 Å². The Bertz CT molecular complexity index is 1020. The van der Waals surface area contributed by atoms with E-state index in [1.54, 1.807) is 0 Å². The lowest BCUT2D eigenvalue weighted by atomic mass is 9.85. The Morgan fingerprint density at radius 2 is 0.789 bits per heavy atom. The number of unbranched alkanes of at least 4 members (excludes halogenated alkanes) is 26. The molecule has 0 amide bonds. The van der Waals surface area contributed by atoms with Gasteiger partial charge in [-0.3, -0.25) is 18.6 Å². The molecule has 0 aromatic heterocycles. The molecule has 6 atom stereocenters. The third kappa shape index (κ3) is 27.3. The van der Waals surface area contributed by atoms with Crippen LogP contribution in [0.15, 0.2) is 0 Å². The second-order valence-corrected chi connectivity index (χ2v) is 17.7. The molecule has 6 unspecified atom stereocenters. The summed E-state index contributed by atoms with van der Waals surface area (Å²) in [5.74, 6) is -1.09. The average Bonchev–Trinajstić information content (AvgIpc) is 3.19. The smallest absolute Gasteiger partial charge is 0.462 e. The predicted octanol–water partition coefficient (Wildman–Crippen LogP) is 8.50. The molecule has 0 heterocycles. The van der Waals surface area contributed by atoms with Crippen molar-refractivity contribution >= 4 is 19.8 Å². The van der Waals surface area contributed by atoms with Gasteiger partial charge >= 0.3 is 19.8 Å². The molecule has 0 aliphatic heterocycles. The average molecular weight is 839 g/mol. The van der Waals surface area contributed by atoms with E-state index in [1.165, 1.54) is 128 Å². The number of esters is 2. The maximum Gasteiger partial charge on any atom is 0.472 e. The summed E-state index contributed by atoms with van der Waals surface area (Å²) < 4.78 is 33.5. The van der Waals surface area contributed by atoms with Crippen molar-refractivity contribution in [1.82, 2.24) is 0 Å². The first-order valence-corrected chi connectivity index (χ1v) is 24.3. The lowest BCUT2D eigenvalue weighted by molar-refractivity contribution is -0.220. The molecule has 1 fully saturated rings. The van der Waals surface area contributed by atoms with Crippen molar-refractivity contribution in [3.8, 4) is 0 Å². The van der Waals surface area contributed by atoms with Gasteiger partial charge in [0, 0.05) is 12.8 Å². The van der Waals surface area contributed by atoms with E-state index in [2.05, 4.69) is 13.8 Å². The van der Waals surface area contributed by atoms with Gasteiger partial charge in [0.1, 0.15) is 43.2 Å². The zero-order valence-corrected chi connectivity index (χ0v) is 36.6. The summed E-state index contributed by atoms with van der Waals surface area (Å²) in [6, 6.07) is 0. The van der Waals surface area contributed by atoms with Gasteiger partial charge in [-0.25, -0.2) is 4.57 Å². The van der Waals surface area contributed by atoms with E-state index in [9.17, 15) is 44.6 Å². The number of hydrogen-bond acceptors (Lipinski definition) is 12. The van der Waals surface area contributed by atoms with Crippen molar-refractivity contribution < 1.29 is 63.1 Å². The number of phosphoric ester groups is 1. The van der Waals surface area contributed by atoms with E-state index in [0.717, 1.165) is 38.5 Å². The minimum atomic E-state index is -5.11. The number of phosphoric acid groups is 1. The first kappa shape index (κ1) is 53.9. The third-order valence-electron chi connectivity index (χ3n) is 10.9. The number of carbonyl (C=O) groups is 2. The maximum atomic E-state index is 12.8. The summed E-state index contributed by atoms with van der Waals surface area (Å²) in [6.45, 7) is 3.31. The van der Waals surface area contributed by atoms with Gasteiger partial charge in [-0.15, -0.1) is 0 Å². The van der Waals surface area contributed by atoms with Gasteiger partial charge in [0.05, 0.1) is 6.61 Å². The predicted molar refractivity (Wildman–Crippen MR) is 221 cm³/mol. The molecular weight excluding hydrogens is 755 g/mol.